The number of ether oxygens (including phenoxy) is 2. The largest absolute Gasteiger partial charge is 0.379 e. The minimum atomic E-state index is -0.0200. The lowest BCUT2D eigenvalue weighted by molar-refractivity contribution is -0.125. The summed E-state index contributed by atoms with van der Waals surface area (Å²) in [5, 5.41) is 3.04. The molecular weight excluding hydrogens is 264 g/mol. The Morgan fingerprint density at radius 2 is 2.05 bits per heavy atom. The van der Waals surface area contributed by atoms with Gasteiger partial charge in [-0.25, -0.2) is 0 Å². The minimum absolute atomic E-state index is 0.0200. The number of thioether (sulfide) groups is 1. The topological polar surface area (TPSA) is 50.8 Å². The standard InChI is InChI=1S/C13H24N2O3S/c1-17-10-12(16)14-11-13(2-8-19-9-3-13)15-4-6-18-7-5-15/h2-11H2,1H3,(H,14,16). The van der Waals surface area contributed by atoms with Crippen LogP contribution in [0.25, 0.3) is 0 Å². The lowest BCUT2D eigenvalue weighted by Crippen LogP contribution is -2.60. The van der Waals surface area contributed by atoms with Gasteiger partial charge in [-0.05, 0) is 24.3 Å². The summed E-state index contributed by atoms with van der Waals surface area (Å²) in [5.74, 6) is 2.34. The summed E-state index contributed by atoms with van der Waals surface area (Å²) in [6, 6.07) is 0. The van der Waals surface area contributed by atoms with E-state index < -0.39 is 0 Å². The molecule has 110 valence electrons. The predicted molar refractivity (Wildman–Crippen MR) is 76.6 cm³/mol. The van der Waals surface area contributed by atoms with Crippen molar-refractivity contribution in [2.24, 2.45) is 0 Å². The van der Waals surface area contributed by atoms with Crippen molar-refractivity contribution in [2.45, 2.75) is 18.4 Å². The van der Waals surface area contributed by atoms with Crippen molar-refractivity contribution in [3.05, 3.63) is 0 Å². The SMILES string of the molecule is COCC(=O)NCC1(N2CCOCC2)CCSCC1. The molecule has 5 nitrogen and oxygen atoms in total. The van der Waals surface area contributed by atoms with Crippen LogP contribution in [0.3, 0.4) is 0 Å². The molecule has 0 unspecified atom stereocenters. The Labute approximate surface area is 119 Å². The molecule has 2 rings (SSSR count). The number of amides is 1. The molecule has 6 heteroatoms. The summed E-state index contributed by atoms with van der Waals surface area (Å²) in [7, 11) is 1.55. The quantitative estimate of drug-likeness (QED) is 0.791. The first-order valence-electron chi connectivity index (χ1n) is 6.93. The summed E-state index contributed by atoms with van der Waals surface area (Å²) < 4.78 is 10.3. The highest BCUT2D eigenvalue weighted by molar-refractivity contribution is 7.99. The number of carbonyl (C=O) groups excluding carboxylic acids is 1. The highest BCUT2D eigenvalue weighted by Gasteiger charge is 2.38. The van der Waals surface area contributed by atoms with Gasteiger partial charge in [0.1, 0.15) is 6.61 Å². The number of carbonyl (C=O) groups is 1. The van der Waals surface area contributed by atoms with Gasteiger partial charge in [0.05, 0.1) is 13.2 Å². The molecule has 0 spiro atoms. The lowest BCUT2D eigenvalue weighted by atomic mass is 9.89. The number of rotatable bonds is 5. The first kappa shape index (κ1) is 15.1. The van der Waals surface area contributed by atoms with Crippen LogP contribution in [0.1, 0.15) is 12.8 Å². The lowest BCUT2D eigenvalue weighted by Gasteiger charge is -2.48. The van der Waals surface area contributed by atoms with Gasteiger partial charge in [0.2, 0.25) is 5.91 Å². The van der Waals surface area contributed by atoms with Crippen molar-refractivity contribution in [1.29, 1.82) is 0 Å². The molecule has 0 aromatic carbocycles. The maximum atomic E-state index is 11.6. The van der Waals surface area contributed by atoms with Crippen molar-refractivity contribution < 1.29 is 14.3 Å². The molecule has 0 aromatic heterocycles. The van der Waals surface area contributed by atoms with E-state index in [0.29, 0.717) is 0 Å². The Hall–Kier alpha value is -0.300. The molecule has 0 radical (unpaired) electrons. The molecule has 19 heavy (non-hydrogen) atoms. The van der Waals surface area contributed by atoms with Gasteiger partial charge in [0, 0.05) is 32.3 Å². The molecule has 0 saturated carbocycles. The normalized spacial score (nSPS) is 24.1. The van der Waals surface area contributed by atoms with E-state index in [2.05, 4.69) is 10.2 Å². The Morgan fingerprint density at radius 1 is 1.37 bits per heavy atom. The molecule has 0 aliphatic carbocycles. The summed E-state index contributed by atoms with van der Waals surface area (Å²) in [6.07, 6.45) is 2.29. The number of hydrogen-bond donors (Lipinski definition) is 1. The number of hydrogen-bond acceptors (Lipinski definition) is 5. The van der Waals surface area contributed by atoms with Crippen molar-refractivity contribution in [3.63, 3.8) is 0 Å². The molecule has 2 aliphatic heterocycles. The molecule has 1 N–H and O–H groups in total. The van der Waals surface area contributed by atoms with E-state index in [9.17, 15) is 4.79 Å². The van der Waals surface area contributed by atoms with E-state index in [0.717, 1.165) is 45.7 Å². The molecule has 0 atom stereocenters. The van der Waals surface area contributed by atoms with Crippen LogP contribution in [0.5, 0.6) is 0 Å². The number of methoxy groups -OCH3 is 1. The van der Waals surface area contributed by atoms with Crippen LogP contribution < -0.4 is 5.32 Å². The van der Waals surface area contributed by atoms with Crippen molar-refractivity contribution in [3.8, 4) is 0 Å². The molecule has 0 bridgehead atoms. The second-order valence-electron chi connectivity index (χ2n) is 5.15. The zero-order chi connectivity index (χ0) is 13.6. The average molecular weight is 288 g/mol. The number of nitrogens with one attached hydrogen (secondary N) is 1. The van der Waals surface area contributed by atoms with E-state index >= 15 is 0 Å². The predicted octanol–water partition coefficient (Wildman–Crippen LogP) is 0.347. The molecule has 1 amide bonds. The van der Waals surface area contributed by atoms with Crippen LogP contribution >= 0.6 is 11.8 Å². The molecule has 2 aliphatic rings. The molecule has 2 fully saturated rings. The summed E-state index contributed by atoms with van der Waals surface area (Å²) in [4.78, 5) is 14.1. The third-order valence-electron chi connectivity index (χ3n) is 4.00. The van der Waals surface area contributed by atoms with Gasteiger partial charge in [0.25, 0.3) is 0 Å². The van der Waals surface area contributed by atoms with Crippen LogP contribution in [0.2, 0.25) is 0 Å². The van der Waals surface area contributed by atoms with Crippen LogP contribution in [0.15, 0.2) is 0 Å². The third kappa shape index (κ3) is 4.08. The zero-order valence-electron chi connectivity index (χ0n) is 11.7. The fourth-order valence-electron chi connectivity index (χ4n) is 2.84. The van der Waals surface area contributed by atoms with Gasteiger partial charge in [-0.2, -0.15) is 11.8 Å². The van der Waals surface area contributed by atoms with Gasteiger partial charge in [-0.1, -0.05) is 0 Å². The van der Waals surface area contributed by atoms with E-state index in [1.165, 1.54) is 11.5 Å². The fourth-order valence-corrected chi connectivity index (χ4v) is 4.09. The maximum Gasteiger partial charge on any atom is 0.246 e. The summed E-state index contributed by atoms with van der Waals surface area (Å²) >= 11 is 2.01. The second kappa shape index (κ2) is 7.47. The Morgan fingerprint density at radius 3 is 2.68 bits per heavy atom. The van der Waals surface area contributed by atoms with Gasteiger partial charge in [-0.3, -0.25) is 9.69 Å². The van der Waals surface area contributed by atoms with E-state index in [4.69, 9.17) is 9.47 Å². The molecule has 2 saturated heterocycles. The highest BCUT2D eigenvalue weighted by Crippen LogP contribution is 2.32. The zero-order valence-corrected chi connectivity index (χ0v) is 12.5. The Balaban J connectivity index is 1.95. The summed E-state index contributed by atoms with van der Waals surface area (Å²) in [6.45, 7) is 4.45. The maximum absolute atomic E-state index is 11.6. The van der Waals surface area contributed by atoms with Crippen LogP contribution in [-0.2, 0) is 14.3 Å². The van der Waals surface area contributed by atoms with E-state index in [-0.39, 0.29) is 18.1 Å². The van der Waals surface area contributed by atoms with Crippen LogP contribution in [0.4, 0.5) is 0 Å². The molecule has 0 aromatic rings. The monoisotopic (exact) mass is 288 g/mol. The Bertz CT molecular complexity index is 290. The number of nitrogens with zero attached hydrogens (tertiary/aromatic N) is 1. The van der Waals surface area contributed by atoms with Gasteiger partial charge < -0.3 is 14.8 Å². The van der Waals surface area contributed by atoms with Gasteiger partial charge in [0.15, 0.2) is 0 Å². The first-order chi connectivity index (χ1) is 9.27. The third-order valence-corrected chi connectivity index (χ3v) is 4.98. The van der Waals surface area contributed by atoms with Crippen molar-refractivity contribution in [2.75, 3.05) is 58.1 Å². The molecule has 2 heterocycles. The Kier molecular flexibility index (Phi) is 5.94. The van der Waals surface area contributed by atoms with E-state index in [1.54, 1.807) is 7.11 Å². The second-order valence-corrected chi connectivity index (χ2v) is 6.37. The minimum Gasteiger partial charge on any atom is -0.379 e. The van der Waals surface area contributed by atoms with Crippen LogP contribution in [-0.4, -0.2) is 74.4 Å². The van der Waals surface area contributed by atoms with Gasteiger partial charge in [-0.15, -0.1) is 0 Å². The molecular formula is C13H24N2O3S. The van der Waals surface area contributed by atoms with E-state index in [1.807, 2.05) is 11.8 Å². The highest BCUT2D eigenvalue weighted by atomic mass is 32.2. The van der Waals surface area contributed by atoms with Gasteiger partial charge >= 0.3 is 0 Å². The van der Waals surface area contributed by atoms with Crippen LogP contribution in [0, 0.1) is 0 Å². The average Bonchev–Trinajstić information content (AvgIpc) is 2.47. The smallest absolute Gasteiger partial charge is 0.246 e. The first-order valence-corrected chi connectivity index (χ1v) is 8.08. The van der Waals surface area contributed by atoms with Crippen molar-refractivity contribution >= 4 is 17.7 Å². The summed E-state index contributed by atoms with van der Waals surface area (Å²) in [5.41, 5.74) is 0.123. The van der Waals surface area contributed by atoms with Crippen molar-refractivity contribution in [1.82, 2.24) is 10.2 Å². The fraction of sp³-hybridized carbons (Fsp3) is 0.923. The number of morpholine rings is 1.